The number of aromatic nitrogens is 2. The lowest BCUT2D eigenvalue weighted by Gasteiger charge is -2.26. The van der Waals surface area contributed by atoms with Crippen LogP contribution in [-0.2, 0) is 17.4 Å². The van der Waals surface area contributed by atoms with Gasteiger partial charge in [-0.05, 0) is 60.9 Å². The minimum atomic E-state index is -0.818. The molecule has 2 unspecified atom stereocenters. The van der Waals surface area contributed by atoms with E-state index >= 15 is 0 Å². The highest BCUT2D eigenvalue weighted by Gasteiger charge is 2.27. The monoisotopic (exact) mass is 344 g/mol. The molecule has 2 aromatic heterocycles. The first-order valence-electron chi connectivity index (χ1n) is 7.62. The van der Waals surface area contributed by atoms with E-state index in [1.165, 1.54) is 13.1 Å². The topological polar surface area (TPSA) is 78.3 Å². The van der Waals surface area contributed by atoms with Gasteiger partial charge in [0.25, 0.3) is 5.56 Å². The number of Topliss-reactive ketones (excluding diaryl/α,β-unsaturated/α-hetero) is 1. The summed E-state index contributed by atoms with van der Waals surface area (Å²) in [5, 5.41) is 0. The Hall–Kier alpha value is -2.33. The molecule has 0 aromatic carbocycles. The van der Waals surface area contributed by atoms with Crippen LogP contribution < -0.4 is 5.56 Å². The van der Waals surface area contributed by atoms with Crippen molar-refractivity contribution < 1.29 is 14.1 Å². The van der Waals surface area contributed by atoms with Crippen molar-refractivity contribution in [3.8, 4) is 0 Å². The van der Waals surface area contributed by atoms with Crippen LogP contribution in [-0.4, -0.2) is 21.4 Å². The van der Waals surface area contributed by atoms with Crippen molar-refractivity contribution in [3.63, 3.8) is 0 Å². The van der Waals surface area contributed by atoms with E-state index in [4.69, 9.17) is 0 Å². The van der Waals surface area contributed by atoms with E-state index in [0.717, 1.165) is 27.7 Å². The van der Waals surface area contributed by atoms with E-state index in [1.54, 1.807) is 12.4 Å². The maximum atomic E-state index is 12.5. The average molecular weight is 344 g/mol. The molecule has 2 aromatic rings. The SMILES string of the molecule is CC(=O)c1c2c(cn(C(=O)OP)c1=O)CC(c1ccncc1)CC2. The Morgan fingerprint density at radius 3 is 2.67 bits per heavy atom. The molecule has 1 aliphatic rings. The van der Waals surface area contributed by atoms with Gasteiger partial charge in [-0.15, -0.1) is 0 Å². The molecule has 0 spiro atoms. The van der Waals surface area contributed by atoms with Crippen molar-refractivity contribution in [1.29, 1.82) is 0 Å². The van der Waals surface area contributed by atoms with Crippen LogP contribution in [0, 0.1) is 0 Å². The normalized spacial score (nSPS) is 16.3. The number of ketones is 1. The van der Waals surface area contributed by atoms with E-state index in [1.807, 2.05) is 21.6 Å². The van der Waals surface area contributed by atoms with Gasteiger partial charge in [0.15, 0.2) is 5.78 Å². The molecule has 3 rings (SSSR count). The van der Waals surface area contributed by atoms with Gasteiger partial charge in [-0.25, -0.2) is 9.36 Å². The Balaban J connectivity index is 2.10. The van der Waals surface area contributed by atoms with Crippen molar-refractivity contribution >= 4 is 21.3 Å². The fourth-order valence-corrected chi connectivity index (χ4v) is 3.44. The van der Waals surface area contributed by atoms with Crippen LogP contribution in [0.25, 0.3) is 0 Å². The number of hydrogen-bond donors (Lipinski definition) is 0. The molecule has 0 saturated heterocycles. The quantitative estimate of drug-likeness (QED) is 0.618. The second-order valence-corrected chi connectivity index (χ2v) is 6.08. The Labute approximate surface area is 141 Å². The van der Waals surface area contributed by atoms with E-state index < -0.39 is 11.7 Å². The third kappa shape index (κ3) is 2.89. The summed E-state index contributed by atoms with van der Waals surface area (Å²) < 4.78 is 5.45. The Morgan fingerprint density at radius 2 is 2.04 bits per heavy atom. The zero-order valence-corrected chi connectivity index (χ0v) is 14.3. The van der Waals surface area contributed by atoms with Gasteiger partial charge < -0.3 is 4.52 Å². The highest BCUT2D eigenvalue weighted by atomic mass is 31.0. The number of rotatable bonds is 2. The Bertz CT molecular complexity index is 861. The molecule has 0 N–H and O–H groups in total. The summed E-state index contributed by atoms with van der Waals surface area (Å²) in [4.78, 5) is 40.3. The van der Waals surface area contributed by atoms with Crippen LogP contribution in [0.4, 0.5) is 4.79 Å². The molecule has 2 heterocycles. The number of nitrogens with zero attached hydrogens (tertiary/aromatic N) is 2. The summed E-state index contributed by atoms with van der Waals surface area (Å²) in [6.07, 6.45) is 6.31. The number of fused-ring (bicyclic) bond motifs is 1. The van der Waals surface area contributed by atoms with Crippen molar-refractivity contribution in [3.05, 3.63) is 63.3 Å². The first-order valence-corrected chi connectivity index (χ1v) is 8.09. The molecule has 2 atom stereocenters. The number of pyridine rings is 2. The number of carbonyl (C=O) groups is 2. The highest BCUT2D eigenvalue weighted by Crippen LogP contribution is 2.33. The van der Waals surface area contributed by atoms with Gasteiger partial charge in [-0.3, -0.25) is 14.6 Å². The zero-order valence-electron chi connectivity index (χ0n) is 13.2. The molecule has 7 heteroatoms. The number of carbonyl (C=O) groups excluding carboxylic acids is 2. The van der Waals surface area contributed by atoms with Gasteiger partial charge in [-0.2, -0.15) is 0 Å². The van der Waals surface area contributed by atoms with Crippen molar-refractivity contribution in [1.82, 2.24) is 9.55 Å². The van der Waals surface area contributed by atoms with Crippen LogP contribution in [0.3, 0.4) is 0 Å². The lowest BCUT2D eigenvalue weighted by Crippen LogP contribution is -2.34. The summed E-state index contributed by atoms with van der Waals surface area (Å²) in [6.45, 7) is 1.35. The third-order valence-electron chi connectivity index (χ3n) is 4.44. The lowest BCUT2D eigenvalue weighted by molar-refractivity contribution is 0.101. The first kappa shape index (κ1) is 16.5. The lowest BCUT2D eigenvalue weighted by atomic mass is 9.79. The van der Waals surface area contributed by atoms with Crippen molar-refractivity contribution in [2.45, 2.75) is 32.1 Å². The third-order valence-corrected chi connectivity index (χ3v) is 4.64. The van der Waals surface area contributed by atoms with Gasteiger partial charge in [0.05, 0.1) is 15.0 Å². The summed E-state index contributed by atoms with van der Waals surface area (Å²) in [5.74, 6) is -0.0669. The predicted molar refractivity (Wildman–Crippen MR) is 91.3 cm³/mol. The van der Waals surface area contributed by atoms with Gasteiger partial charge in [-0.1, -0.05) is 0 Å². The minimum absolute atomic E-state index is 0.0936. The summed E-state index contributed by atoms with van der Waals surface area (Å²) in [6, 6.07) is 3.93. The van der Waals surface area contributed by atoms with E-state index in [0.29, 0.717) is 12.8 Å². The largest absolute Gasteiger partial charge is 0.435 e. The second kappa shape index (κ2) is 6.65. The Morgan fingerprint density at radius 1 is 1.33 bits per heavy atom. The molecule has 124 valence electrons. The van der Waals surface area contributed by atoms with Gasteiger partial charge in [0, 0.05) is 18.6 Å². The van der Waals surface area contributed by atoms with E-state index in [-0.39, 0.29) is 17.3 Å². The van der Waals surface area contributed by atoms with Gasteiger partial charge in [0.2, 0.25) is 0 Å². The fourth-order valence-electron chi connectivity index (χ4n) is 3.33. The standard InChI is InChI=1S/C17H17N2O4P/c1-10(20)15-14-3-2-12(11-4-6-18-7-5-11)8-13(14)9-19(16(15)21)17(22)23-24/h4-7,9,12H,2-3,8,24H2,1H3. The van der Waals surface area contributed by atoms with Crippen molar-refractivity contribution in [2.75, 3.05) is 0 Å². The molecule has 6 nitrogen and oxygen atoms in total. The van der Waals surface area contributed by atoms with Gasteiger partial charge >= 0.3 is 6.09 Å². The van der Waals surface area contributed by atoms with Crippen LogP contribution in [0.1, 0.15) is 46.3 Å². The highest BCUT2D eigenvalue weighted by molar-refractivity contribution is 7.10. The molecule has 0 fully saturated rings. The molecule has 0 saturated carbocycles. The first-order chi connectivity index (χ1) is 11.5. The maximum absolute atomic E-state index is 12.5. The summed E-state index contributed by atoms with van der Waals surface area (Å²) in [5.41, 5.74) is 2.23. The second-order valence-electron chi connectivity index (χ2n) is 5.84. The summed E-state index contributed by atoms with van der Waals surface area (Å²) >= 11 is 0. The Kier molecular flexibility index (Phi) is 4.58. The molecule has 0 radical (unpaired) electrons. The predicted octanol–water partition coefficient (Wildman–Crippen LogP) is 2.49. The van der Waals surface area contributed by atoms with Crippen LogP contribution in [0.5, 0.6) is 0 Å². The van der Waals surface area contributed by atoms with Gasteiger partial charge in [0.1, 0.15) is 0 Å². The van der Waals surface area contributed by atoms with E-state index in [2.05, 4.69) is 9.51 Å². The molecule has 24 heavy (non-hydrogen) atoms. The average Bonchev–Trinajstić information content (AvgIpc) is 2.60. The van der Waals surface area contributed by atoms with Crippen LogP contribution in [0.15, 0.2) is 35.5 Å². The molecule has 0 amide bonds. The fraction of sp³-hybridized carbons (Fsp3) is 0.294. The molecular formula is C17H17N2O4P. The number of hydrogen-bond acceptors (Lipinski definition) is 5. The molecule has 0 aliphatic heterocycles. The molecule has 0 bridgehead atoms. The molecular weight excluding hydrogens is 327 g/mol. The molecule has 1 aliphatic carbocycles. The smallest absolute Gasteiger partial charge is 0.423 e. The van der Waals surface area contributed by atoms with E-state index in [9.17, 15) is 14.4 Å². The maximum Gasteiger partial charge on any atom is 0.423 e. The van der Waals surface area contributed by atoms with Crippen LogP contribution in [0.2, 0.25) is 0 Å². The summed E-state index contributed by atoms with van der Waals surface area (Å²) in [7, 11) is 1.82. The van der Waals surface area contributed by atoms with Crippen LogP contribution >= 0.6 is 9.47 Å². The minimum Gasteiger partial charge on any atom is -0.435 e. The van der Waals surface area contributed by atoms with Crippen molar-refractivity contribution in [2.24, 2.45) is 0 Å². The zero-order chi connectivity index (χ0) is 17.3.